The van der Waals surface area contributed by atoms with Gasteiger partial charge in [-0.25, -0.2) is 0 Å². The minimum absolute atomic E-state index is 0.688. The lowest BCUT2D eigenvalue weighted by atomic mass is 10.4. The van der Waals surface area contributed by atoms with Crippen molar-refractivity contribution in [2.24, 2.45) is 0 Å². The Hall–Kier alpha value is -0.360. The molecule has 2 N–H and O–H groups in total. The van der Waals surface area contributed by atoms with Crippen LogP contribution >= 0.6 is 7.60 Å². The van der Waals surface area contributed by atoms with Crippen molar-refractivity contribution in [3.05, 3.63) is 0 Å². The van der Waals surface area contributed by atoms with Gasteiger partial charge in [0.05, 0.1) is 6.07 Å². The Bertz CT molecular complexity index is 156. The molecular formula is C6H14NO3P. The van der Waals surface area contributed by atoms with E-state index in [1.165, 1.54) is 18.9 Å². The maximum atomic E-state index is 9.70. The minimum atomic E-state index is -4.03. The summed E-state index contributed by atoms with van der Waals surface area (Å²) in [5.41, 5.74) is 0. The second-order valence-corrected chi connectivity index (χ2v) is 3.63. The fourth-order valence-corrected chi connectivity index (χ4v) is 0.276. The van der Waals surface area contributed by atoms with E-state index in [1.54, 1.807) is 0 Å². The van der Waals surface area contributed by atoms with Crippen molar-refractivity contribution in [1.29, 1.82) is 5.26 Å². The molecule has 0 aliphatic carbocycles. The SMILES string of the molecule is CCCC.N#CCP(=O)(O)O. The molecule has 0 heterocycles. The Kier molecular flexibility index (Phi) is 9.32. The Morgan fingerprint density at radius 2 is 1.73 bits per heavy atom. The van der Waals surface area contributed by atoms with E-state index in [-0.39, 0.29) is 0 Å². The van der Waals surface area contributed by atoms with Crippen molar-refractivity contribution in [2.75, 3.05) is 6.16 Å². The summed E-state index contributed by atoms with van der Waals surface area (Å²) in [6.45, 7) is 4.36. The second kappa shape index (κ2) is 7.74. The zero-order chi connectivity index (χ0) is 9.33. The van der Waals surface area contributed by atoms with Crippen molar-refractivity contribution in [3.8, 4) is 6.07 Å². The van der Waals surface area contributed by atoms with E-state index in [0.29, 0.717) is 0 Å². The van der Waals surface area contributed by atoms with E-state index < -0.39 is 13.8 Å². The maximum Gasteiger partial charge on any atom is 0.339 e. The normalized spacial score (nSPS) is 9.36. The van der Waals surface area contributed by atoms with Gasteiger partial charge in [0.25, 0.3) is 0 Å². The predicted octanol–water partition coefficient (Wildman–Crippen LogP) is 1.49. The lowest BCUT2D eigenvalue weighted by Gasteiger charge is -1.90. The van der Waals surface area contributed by atoms with Crippen LogP contribution < -0.4 is 0 Å². The lowest BCUT2D eigenvalue weighted by molar-refractivity contribution is 0.377. The highest BCUT2D eigenvalue weighted by atomic mass is 31.2. The fourth-order valence-electron chi connectivity index (χ4n) is 0.0921. The third kappa shape index (κ3) is 26.1. The Labute approximate surface area is 67.0 Å². The standard InChI is InChI=1S/C4H10.C2H4NO3P/c1-3-4-2;3-1-2-7(4,5)6/h3-4H2,1-2H3;2H2,(H2,4,5,6). The van der Waals surface area contributed by atoms with Gasteiger partial charge in [-0.1, -0.05) is 26.7 Å². The molecule has 0 saturated heterocycles. The first kappa shape index (κ1) is 13.2. The van der Waals surface area contributed by atoms with E-state index in [0.717, 1.165) is 0 Å². The van der Waals surface area contributed by atoms with Gasteiger partial charge in [-0.05, 0) is 0 Å². The van der Waals surface area contributed by atoms with E-state index in [9.17, 15) is 4.57 Å². The minimum Gasteiger partial charge on any atom is -0.324 e. The molecule has 0 rings (SSSR count). The quantitative estimate of drug-likeness (QED) is 0.629. The van der Waals surface area contributed by atoms with Crippen LogP contribution in [0.15, 0.2) is 0 Å². The monoisotopic (exact) mass is 179 g/mol. The van der Waals surface area contributed by atoms with Gasteiger partial charge in [0.2, 0.25) is 0 Å². The summed E-state index contributed by atoms with van der Waals surface area (Å²) in [4.78, 5) is 15.8. The molecule has 0 aromatic rings. The summed E-state index contributed by atoms with van der Waals surface area (Å²) in [6, 6.07) is 1.34. The van der Waals surface area contributed by atoms with Gasteiger partial charge >= 0.3 is 7.60 Å². The van der Waals surface area contributed by atoms with Gasteiger partial charge in [0.15, 0.2) is 0 Å². The molecule has 66 valence electrons. The Morgan fingerprint density at radius 3 is 1.73 bits per heavy atom. The zero-order valence-corrected chi connectivity index (χ0v) is 7.71. The van der Waals surface area contributed by atoms with Crippen molar-refractivity contribution in [2.45, 2.75) is 26.7 Å². The second-order valence-electron chi connectivity index (χ2n) is 1.98. The number of unbranched alkanes of at least 4 members (excludes halogenated alkanes) is 1. The van der Waals surface area contributed by atoms with Crippen LogP contribution in [0, 0.1) is 11.3 Å². The predicted molar refractivity (Wildman–Crippen MR) is 43.1 cm³/mol. The van der Waals surface area contributed by atoms with Crippen LogP contribution in [0.25, 0.3) is 0 Å². The molecule has 11 heavy (non-hydrogen) atoms. The molecule has 0 aliphatic rings. The van der Waals surface area contributed by atoms with Gasteiger partial charge in [-0.3, -0.25) is 4.57 Å². The molecular weight excluding hydrogens is 165 g/mol. The van der Waals surface area contributed by atoms with Crippen LogP contribution in [0.1, 0.15) is 26.7 Å². The summed E-state index contributed by atoms with van der Waals surface area (Å²) in [6.07, 6.45) is 1.95. The Morgan fingerprint density at radius 1 is 1.36 bits per heavy atom. The first-order valence-electron chi connectivity index (χ1n) is 3.39. The van der Waals surface area contributed by atoms with Crippen molar-refractivity contribution >= 4 is 7.60 Å². The number of rotatable bonds is 2. The van der Waals surface area contributed by atoms with E-state index in [1.807, 2.05) is 0 Å². The maximum absolute atomic E-state index is 9.70. The molecule has 0 amide bonds. The van der Waals surface area contributed by atoms with Gasteiger partial charge in [0, 0.05) is 0 Å². The molecule has 0 atom stereocenters. The highest BCUT2D eigenvalue weighted by Crippen LogP contribution is 2.32. The van der Waals surface area contributed by atoms with Gasteiger partial charge in [0.1, 0.15) is 6.16 Å². The third-order valence-electron chi connectivity index (χ3n) is 0.777. The van der Waals surface area contributed by atoms with Gasteiger partial charge in [-0.2, -0.15) is 5.26 Å². The molecule has 0 radical (unpaired) electrons. The summed E-state index contributed by atoms with van der Waals surface area (Å²) in [5.74, 6) is 0. The molecule has 0 aromatic carbocycles. The molecule has 0 fully saturated rings. The van der Waals surface area contributed by atoms with E-state index in [2.05, 4.69) is 13.8 Å². The number of nitrogens with zero attached hydrogens (tertiary/aromatic N) is 1. The van der Waals surface area contributed by atoms with Crippen LogP contribution in [0.4, 0.5) is 0 Å². The summed E-state index contributed by atoms with van der Waals surface area (Å²) in [5, 5.41) is 7.66. The van der Waals surface area contributed by atoms with Gasteiger partial charge in [-0.15, -0.1) is 0 Å². The van der Waals surface area contributed by atoms with E-state index >= 15 is 0 Å². The Balaban J connectivity index is 0. The highest BCUT2D eigenvalue weighted by molar-refractivity contribution is 7.52. The number of hydrogen-bond acceptors (Lipinski definition) is 2. The fraction of sp³-hybridized carbons (Fsp3) is 0.833. The van der Waals surface area contributed by atoms with Crippen molar-refractivity contribution in [1.82, 2.24) is 0 Å². The third-order valence-corrected chi connectivity index (χ3v) is 1.33. The molecule has 0 saturated carbocycles. The molecule has 4 nitrogen and oxygen atoms in total. The van der Waals surface area contributed by atoms with Gasteiger partial charge < -0.3 is 9.79 Å². The average Bonchev–Trinajstić information content (AvgIpc) is 1.86. The molecule has 0 aromatic heterocycles. The van der Waals surface area contributed by atoms with Crippen LogP contribution in [0.5, 0.6) is 0 Å². The molecule has 0 bridgehead atoms. The summed E-state index contributed by atoms with van der Waals surface area (Å²) < 4.78 is 9.70. The first-order chi connectivity index (χ1) is 4.97. The first-order valence-corrected chi connectivity index (χ1v) is 5.19. The topological polar surface area (TPSA) is 81.3 Å². The number of hydrogen-bond donors (Lipinski definition) is 2. The van der Waals surface area contributed by atoms with Crippen LogP contribution in [-0.4, -0.2) is 15.9 Å². The largest absolute Gasteiger partial charge is 0.339 e. The lowest BCUT2D eigenvalue weighted by Crippen LogP contribution is -1.79. The molecule has 5 heteroatoms. The zero-order valence-electron chi connectivity index (χ0n) is 6.82. The highest BCUT2D eigenvalue weighted by Gasteiger charge is 2.09. The molecule has 0 unspecified atom stereocenters. The van der Waals surface area contributed by atoms with Crippen LogP contribution in [0.3, 0.4) is 0 Å². The van der Waals surface area contributed by atoms with Crippen molar-refractivity contribution < 1.29 is 14.4 Å². The average molecular weight is 179 g/mol. The smallest absolute Gasteiger partial charge is 0.324 e. The number of nitriles is 1. The van der Waals surface area contributed by atoms with Crippen molar-refractivity contribution in [3.63, 3.8) is 0 Å². The summed E-state index contributed by atoms with van der Waals surface area (Å²) in [7, 11) is -4.03. The van der Waals surface area contributed by atoms with E-state index in [4.69, 9.17) is 15.0 Å². The van der Waals surface area contributed by atoms with Crippen LogP contribution in [-0.2, 0) is 4.57 Å². The molecule has 0 spiro atoms. The molecule has 0 aliphatic heterocycles. The summed E-state index contributed by atoms with van der Waals surface area (Å²) >= 11 is 0. The van der Waals surface area contributed by atoms with Crippen LogP contribution in [0.2, 0.25) is 0 Å².